The number of fused-ring (bicyclic) bond motifs is 1. The van der Waals surface area contributed by atoms with Crippen LogP contribution in [-0.2, 0) is 6.54 Å². The van der Waals surface area contributed by atoms with Crippen LogP contribution in [0, 0.1) is 6.92 Å². The van der Waals surface area contributed by atoms with E-state index in [1.807, 2.05) is 42.5 Å². The summed E-state index contributed by atoms with van der Waals surface area (Å²) in [6.07, 6.45) is 2.14. The van der Waals surface area contributed by atoms with E-state index >= 15 is 0 Å². The van der Waals surface area contributed by atoms with Gasteiger partial charge in [0, 0.05) is 28.2 Å². The molecule has 0 aliphatic rings. The highest BCUT2D eigenvalue weighted by Crippen LogP contribution is 2.33. The highest BCUT2D eigenvalue weighted by molar-refractivity contribution is 6.34. The fourth-order valence-corrected chi connectivity index (χ4v) is 4.00. The lowest BCUT2D eigenvalue weighted by molar-refractivity contribution is 0.361. The van der Waals surface area contributed by atoms with Gasteiger partial charge in [-0.25, -0.2) is 4.98 Å². The van der Waals surface area contributed by atoms with E-state index in [0.29, 0.717) is 28.2 Å². The summed E-state index contributed by atoms with van der Waals surface area (Å²) in [6.45, 7) is 7.20. The molecular formula is C25H23Cl2N2O2. The molecule has 1 radical (unpaired) electrons. The number of hydrogen-bond acceptors (Lipinski definition) is 3. The van der Waals surface area contributed by atoms with E-state index in [4.69, 9.17) is 37.7 Å². The number of aryl methyl sites for hydroxylation is 1. The highest BCUT2D eigenvalue weighted by Gasteiger charge is 2.14. The largest absolute Gasteiger partial charge is 0.494 e. The topological polar surface area (TPSA) is 36.3 Å². The maximum atomic E-state index is 6.10. The number of nitrogens with zero attached hydrogens (tertiary/aromatic N) is 2. The van der Waals surface area contributed by atoms with Crippen LogP contribution in [0.2, 0.25) is 10.0 Å². The van der Waals surface area contributed by atoms with Crippen molar-refractivity contribution in [3.8, 4) is 28.6 Å². The first-order valence-corrected chi connectivity index (χ1v) is 11.0. The van der Waals surface area contributed by atoms with Gasteiger partial charge in [-0.15, -0.1) is 0 Å². The number of aromatic nitrogens is 2. The molecule has 0 atom stereocenters. The minimum atomic E-state index is 0.383. The van der Waals surface area contributed by atoms with Crippen molar-refractivity contribution in [2.24, 2.45) is 0 Å². The maximum absolute atomic E-state index is 6.10. The quantitative estimate of drug-likeness (QED) is 0.272. The average Bonchev–Trinajstić information content (AvgIpc) is 3.10. The van der Waals surface area contributed by atoms with Gasteiger partial charge in [0.2, 0.25) is 0 Å². The van der Waals surface area contributed by atoms with Gasteiger partial charge in [0.15, 0.2) is 0 Å². The number of benzene rings is 3. The molecule has 159 valence electrons. The third kappa shape index (κ3) is 4.97. The van der Waals surface area contributed by atoms with Gasteiger partial charge in [-0.2, -0.15) is 0 Å². The molecule has 0 unspecified atom stereocenters. The first kappa shape index (κ1) is 21.5. The van der Waals surface area contributed by atoms with Crippen molar-refractivity contribution in [3.63, 3.8) is 0 Å². The van der Waals surface area contributed by atoms with Crippen LogP contribution in [0.5, 0.6) is 17.2 Å². The second-order valence-corrected chi connectivity index (χ2v) is 8.05. The fourth-order valence-electron chi connectivity index (χ4n) is 3.50. The second kappa shape index (κ2) is 9.63. The smallest absolute Gasteiger partial charge is 0.141 e. The number of halogens is 2. The molecular weight excluding hydrogens is 431 g/mol. The SMILES string of the molecule is [CH2]COc1ccc2nc(-c3cccc(Oc4cc(Cl)cc(Cl)c4)c3)n(CCCC)c2c1. The molecule has 0 bridgehead atoms. The number of rotatable bonds is 8. The molecule has 1 heterocycles. The zero-order chi connectivity index (χ0) is 21.8. The van der Waals surface area contributed by atoms with Crippen molar-refractivity contribution >= 4 is 34.2 Å². The summed E-state index contributed by atoms with van der Waals surface area (Å²) >= 11 is 12.2. The summed E-state index contributed by atoms with van der Waals surface area (Å²) in [5.41, 5.74) is 2.94. The minimum absolute atomic E-state index is 0.383. The van der Waals surface area contributed by atoms with E-state index in [2.05, 4.69) is 18.4 Å². The predicted octanol–water partition coefficient (Wildman–Crippen LogP) is 7.82. The molecule has 31 heavy (non-hydrogen) atoms. The van der Waals surface area contributed by atoms with E-state index in [-0.39, 0.29) is 0 Å². The number of ether oxygens (including phenoxy) is 2. The van der Waals surface area contributed by atoms with Gasteiger partial charge in [0.05, 0.1) is 17.6 Å². The van der Waals surface area contributed by atoms with Gasteiger partial charge in [0.1, 0.15) is 23.1 Å². The first-order chi connectivity index (χ1) is 15.1. The monoisotopic (exact) mass is 453 g/mol. The molecule has 3 aromatic carbocycles. The van der Waals surface area contributed by atoms with E-state index < -0.39 is 0 Å². The van der Waals surface area contributed by atoms with Gasteiger partial charge < -0.3 is 14.0 Å². The van der Waals surface area contributed by atoms with E-state index in [1.54, 1.807) is 18.2 Å². The van der Waals surface area contributed by atoms with Gasteiger partial charge in [-0.3, -0.25) is 0 Å². The van der Waals surface area contributed by atoms with E-state index in [1.165, 1.54) is 0 Å². The lowest BCUT2D eigenvalue weighted by Gasteiger charge is -2.11. The zero-order valence-corrected chi connectivity index (χ0v) is 18.8. The zero-order valence-electron chi connectivity index (χ0n) is 17.3. The Balaban J connectivity index is 1.74. The molecule has 4 rings (SSSR count). The molecule has 6 heteroatoms. The van der Waals surface area contributed by atoms with Crippen molar-refractivity contribution in [1.29, 1.82) is 0 Å². The highest BCUT2D eigenvalue weighted by atomic mass is 35.5. The summed E-state index contributed by atoms with van der Waals surface area (Å²) in [7, 11) is 0. The van der Waals surface area contributed by atoms with Crippen LogP contribution < -0.4 is 9.47 Å². The Morgan fingerprint density at radius 3 is 2.48 bits per heavy atom. The van der Waals surface area contributed by atoms with Crippen molar-refractivity contribution in [1.82, 2.24) is 9.55 Å². The van der Waals surface area contributed by atoms with Crippen LogP contribution >= 0.6 is 23.2 Å². The Kier molecular flexibility index (Phi) is 6.69. The van der Waals surface area contributed by atoms with Gasteiger partial charge in [-0.1, -0.05) is 48.7 Å². The molecule has 0 aliphatic carbocycles. The normalized spacial score (nSPS) is 11.1. The summed E-state index contributed by atoms with van der Waals surface area (Å²) in [5.74, 6) is 2.96. The fraction of sp³-hybridized carbons (Fsp3) is 0.200. The summed E-state index contributed by atoms with van der Waals surface area (Å²) in [6, 6.07) is 19.0. The number of imidazole rings is 1. The van der Waals surface area contributed by atoms with Crippen LogP contribution in [0.15, 0.2) is 60.7 Å². The average molecular weight is 454 g/mol. The van der Waals surface area contributed by atoms with Crippen molar-refractivity contribution in [2.45, 2.75) is 26.3 Å². The van der Waals surface area contributed by atoms with Crippen LogP contribution in [0.3, 0.4) is 0 Å². The molecule has 0 saturated carbocycles. The van der Waals surface area contributed by atoms with Crippen molar-refractivity contribution < 1.29 is 9.47 Å². The van der Waals surface area contributed by atoms with Crippen LogP contribution in [0.1, 0.15) is 19.8 Å². The van der Waals surface area contributed by atoms with Crippen LogP contribution in [-0.4, -0.2) is 16.2 Å². The number of hydrogen-bond donors (Lipinski definition) is 0. The van der Waals surface area contributed by atoms with E-state index in [9.17, 15) is 0 Å². The summed E-state index contributed by atoms with van der Waals surface area (Å²) in [5, 5.41) is 1.06. The Labute approximate surface area is 192 Å². The van der Waals surface area contributed by atoms with Gasteiger partial charge in [0.25, 0.3) is 0 Å². The Bertz CT molecular complexity index is 1180. The van der Waals surface area contributed by atoms with E-state index in [0.717, 1.165) is 47.6 Å². The van der Waals surface area contributed by atoms with Gasteiger partial charge >= 0.3 is 0 Å². The lowest BCUT2D eigenvalue weighted by Crippen LogP contribution is -2.01. The van der Waals surface area contributed by atoms with Crippen molar-refractivity contribution in [2.75, 3.05) is 6.61 Å². The number of unbranched alkanes of at least 4 members (excludes halogenated alkanes) is 1. The third-order valence-electron chi connectivity index (χ3n) is 4.89. The molecule has 0 aliphatic heterocycles. The minimum Gasteiger partial charge on any atom is -0.494 e. The first-order valence-electron chi connectivity index (χ1n) is 10.2. The molecule has 1 aromatic heterocycles. The predicted molar refractivity (Wildman–Crippen MR) is 127 cm³/mol. The Hall–Kier alpha value is -2.69. The summed E-state index contributed by atoms with van der Waals surface area (Å²) in [4.78, 5) is 4.91. The molecule has 0 fully saturated rings. The summed E-state index contributed by atoms with van der Waals surface area (Å²) < 4.78 is 13.9. The van der Waals surface area contributed by atoms with Crippen LogP contribution in [0.25, 0.3) is 22.4 Å². The molecule has 0 spiro atoms. The molecule has 0 N–H and O–H groups in total. The Morgan fingerprint density at radius 1 is 0.935 bits per heavy atom. The third-order valence-corrected chi connectivity index (χ3v) is 5.32. The van der Waals surface area contributed by atoms with Crippen LogP contribution in [0.4, 0.5) is 0 Å². The molecule has 0 amide bonds. The second-order valence-electron chi connectivity index (χ2n) is 7.17. The van der Waals surface area contributed by atoms with Crippen molar-refractivity contribution in [3.05, 3.63) is 77.6 Å². The lowest BCUT2D eigenvalue weighted by atomic mass is 10.2. The maximum Gasteiger partial charge on any atom is 0.141 e. The Morgan fingerprint density at radius 2 is 1.74 bits per heavy atom. The molecule has 0 saturated heterocycles. The standard InChI is InChI=1S/C25H23Cl2N2O2/c1-3-5-11-29-24-16-20(30-4-2)9-10-23(24)28-25(29)17-7-6-8-21(12-17)31-22-14-18(26)13-19(27)15-22/h6-10,12-16H,2-5,11H2,1H3. The van der Waals surface area contributed by atoms with Gasteiger partial charge in [-0.05, 0) is 55.8 Å². The molecule has 4 aromatic rings. The molecule has 4 nitrogen and oxygen atoms in total.